The van der Waals surface area contributed by atoms with Gasteiger partial charge in [0.05, 0.1) is 7.11 Å². The zero-order chi connectivity index (χ0) is 13.1. The number of hydrogen-bond acceptors (Lipinski definition) is 3. The van der Waals surface area contributed by atoms with Crippen molar-refractivity contribution in [2.24, 2.45) is 0 Å². The smallest absolute Gasteiger partial charge is 0.224 e. The lowest BCUT2D eigenvalue weighted by atomic mass is 10.2. The molecule has 0 spiro atoms. The first-order valence-corrected chi connectivity index (χ1v) is 7.46. The zero-order valence-corrected chi connectivity index (χ0v) is 11.9. The van der Waals surface area contributed by atoms with Crippen molar-refractivity contribution in [3.05, 3.63) is 29.6 Å². The molecule has 1 rings (SSSR count). The lowest BCUT2D eigenvalue weighted by molar-refractivity contribution is 0.385. The van der Waals surface area contributed by atoms with Crippen LogP contribution in [-0.2, 0) is 16.6 Å². The van der Waals surface area contributed by atoms with Gasteiger partial charge in [0.2, 0.25) is 10.0 Å². The number of benzene rings is 1. The van der Waals surface area contributed by atoms with Gasteiger partial charge >= 0.3 is 0 Å². The first-order chi connectivity index (χ1) is 7.90. The number of halogens is 2. The number of methoxy groups -OCH3 is 1. The Balaban J connectivity index is 2.86. The highest BCUT2D eigenvalue weighted by molar-refractivity contribution is 9.10. The molecular weight excluding hydrogens is 313 g/mol. The van der Waals surface area contributed by atoms with E-state index in [-0.39, 0.29) is 17.0 Å². The van der Waals surface area contributed by atoms with E-state index in [0.29, 0.717) is 5.56 Å². The summed E-state index contributed by atoms with van der Waals surface area (Å²) in [7, 11) is -0.511. The van der Waals surface area contributed by atoms with Gasteiger partial charge in [-0.3, -0.25) is 0 Å². The summed E-state index contributed by atoms with van der Waals surface area (Å²) in [6, 6.07) is 4.36. The van der Waals surface area contributed by atoms with Crippen molar-refractivity contribution >= 4 is 26.0 Å². The third-order valence-electron chi connectivity index (χ3n) is 2.23. The van der Waals surface area contributed by atoms with E-state index in [0.717, 1.165) is 4.31 Å². The van der Waals surface area contributed by atoms with Gasteiger partial charge in [-0.05, 0) is 17.7 Å². The normalized spacial score (nSPS) is 11.8. The Kier molecular flexibility index (Phi) is 4.91. The fraction of sp³-hybridized carbons (Fsp3) is 0.400. The predicted octanol–water partition coefficient (Wildman–Crippen LogP) is 1.95. The molecule has 0 unspecified atom stereocenters. The number of hydrogen-bond donors (Lipinski definition) is 0. The molecule has 1 aromatic carbocycles. The Bertz CT molecular complexity index is 492. The largest absolute Gasteiger partial charge is 0.494 e. The molecular formula is C10H13BrFNO3S. The van der Waals surface area contributed by atoms with Crippen LogP contribution in [-0.4, -0.2) is 31.5 Å². The molecule has 0 aliphatic heterocycles. The first kappa shape index (κ1) is 14.4. The molecule has 0 aromatic heterocycles. The fourth-order valence-corrected chi connectivity index (χ4v) is 2.81. The summed E-state index contributed by atoms with van der Waals surface area (Å²) in [6.07, 6.45) is 0. The molecule has 0 amide bonds. The van der Waals surface area contributed by atoms with Crippen LogP contribution >= 0.6 is 15.9 Å². The Morgan fingerprint density at radius 2 is 2.12 bits per heavy atom. The monoisotopic (exact) mass is 325 g/mol. The molecule has 0 saturated heterocycles. The van der Waals surface area contributed by atoms with Crippen molar-refractivity contribution in [1.82, 2.24) is 4.31 Å². The summed E-state index contributed by atoms with van der Waals surface area (Å²) in [5.41, 5.74) is 0.565. The van der Waals surface area contributed by atoms with Crippen LogP contribution in [0.25, 0.3) is 0 Å². The summed E-state index contributed by atoms with van der Waals surface area (Å²) >= 11 is 2.90. The lowest BCUT2D eigenvalue weighted by Gasteiger charge is -2.15. The molecule has 1 aromatic rings. The van der Waals surface area contributed by atoms with Crippen molar-refractivity contribution in [2.45, 2.75) is 6.54 Å². The molecule has 0 aliphatic rings. The summed E-state index contributed by atoms with van der Waals surface area (Å²) in [5, 5.41) is 0. The average Bonchev–Trinajstić information content (AvgIpc) is 2.29. The first-order valence-electron chi connectivity index (χ1n) is 4.73. The average molecular weight is 326 g/mol. The van der Waals surface area contributed by atoms with Crippen LogP contribution in [0.2, 0.25) is 0 Å². The van der Waals surface area contributed by atoms with E-state index >= 15 is 0 Å². The maximum Gasteiger partial charge on any atom is 0.224 e. The highest BCUT2D eigenvalue weighted by Crippen LogP contribution is 2.19. The molecule has 4 nitrogen and oxygen atoms in total. The third kappa shape index (κ3) is 3.65. The fourth-order valence-electron chi connectivity index (χ4n) is 1.25. The van der Waals surface area contributed by atoms with E-state index in [4.69, 9.17) is 4.74 Å². The molecule has 0 aliphatic carbocycles. The Morgan fingerprint density at radius 1 is 1.47 bits per heavy atom. The minimum Gasteiger partial charge on any atom is -0.494 e. The van der Waals surface area contributed by atoms with E-state index in [2.05, 4.69) is 15.9 Å². The highest BCUT2D eigenvalue weighted by atomic mass is 79.9. The summed E-state index contributed by atoms with van der Waals surface area (Å²) in [4.78, 5) is 0. The minimum atomic E-state index is -3.33. The van der Waals surface area contributed by atoms with Crippen LogP contribution in [0, 0.1) is 5.82 Å². The van der Waals surface area contributed by atoms with Crippen LogP contribution in [0.15, 0.2) is 18.2 Å². The van der Waals surface area contributed by atoms with E-state index in [9.17, 15) is 12.8 Å². The van der Waals surface area contributed by atoms with Crippen molar-refractivity contribution in [2.75, 3.05) is 18.8 Å². The summed E-state index contributed by atoms with van der Waals surface area (Å²) < 4.78 is 42.1. The molecule has 0 N–H and O–H groups in total. The van der Waals surface area contributed by atoms with Gasteiger partial charge in [0.25, 0.3) is 0 Å². The van der Waals surface area contributed by atoms with Crippen LogP contribution < -0.4 is 4.74 Å². The molecule has 7 heteroatoms. The highest BCUT2D eigenvalue weighted by Gasteiger charge is 2.16. The maximum atomic E-state index is 13.4. The molecule has 96 valence electrons. The second-order valence-electron chi connectivity index (χ2n) is 3.45. The van der Waals surface area contributed by atoms with Gasteiger partial charge in [0.1, 0.15) is 4.66 Å². The second kappa shape index (κ2) is 5.79. The predicted molar refractivity (Wildman–Crippen MR) is 67.1 cm³/mol. The molecule has 0 saturated carbocycles. The molecule has 17 heavy (non-hydrogen) atoms. The molecule has 0 fully saturated rings. The van der Waals surface area contributed by atoms with Gasteiger partial charge in [-0.15, -0.1) is 0 Å². The topological polar surface area (TPSA) is 46.6 Å². The van der Waals surface area contributed by atoms with Crippen LogP contribution in [0.1, 0.15) is 5.56 Å². The number of nitrogens with zero attached hydrogens (tertiary/aromatic N) is 1. The Hall–Kier alpha value is -0.660. The minimum absolute atomic E-state index is 0.120. The quantitative estimate of drug-likeness (QED) is 0.777. The third-order valence-corrected chi connectivity index (χ3v) is 5.32. The standard InChI is InChI=1S/C10H13BrFNO3S/c1-13(17(14,15)7-11)6-8-3-4-10(16-2)9(12)5-8/h3-5H,6-7H2,1-2H3. The summed E-state index contributed by atoms with van der Waals surface area (Å²) in [5.74, 6) is -0.366. The molecule has 0 radical (unpaired) electrons. The number of ether oxygens (including phenoxy) is 1. The molecule has 0 atom stereocenters. The van der Waals surface area contributed by atoms with Gasteiger partial charge in [-0.25, -0.2) is 12.8 Å². The van der Waals surface area contributed by atoms with Crippen molar-refractivity contribution in [3.8, 4) is 5.75 Å². The van der Waals surface area contributed by atoms with Gasteiger partial charge in [-0.1, -0.05) is 22.0 Å². The lowest BCUT2D eigenvalue weighted by Crippen LogP contribution is -2.27. The van der Waals surface area contributed by atoms with Gasteiger partial charge in [0, 0.05) is 13.6 Å². The van der Waals surface area contributed by atoms with Gasteiger partial charge in [0.15, 0.2) is 11.6 Å². The van der Waals surface area contributed by atoms with Gasteiger partial charge < -0.3 is 4.74 Å². The second-order valence-corrected chi connectivity index (χ2v) is 6.82. The maximum absolute atomic E-state index is 13.4. The Labute approximate surface area is 109 Å². The number of sulfonamides is 1. The zero-order valence-electron chi connectivity index (χ0n) is 9.48. The van der Waals surface area contributed by atoms with E-state index < -0.39 is 15.8 Å². The molecule has 0 bridgehead atoms. The number of rotatable bonds is 5. The van der Waals surface area contributed by atoms with Crippen LogP contribution in [0.3, 0.4) is 0 Å². The van der Waals surface area contributed by atoms with Crippen LogP contribution in [0.5, 0.6) is 5.75 Å². The van der Waals surface area contributed by atoms with Crippen molar-refractivity contribution in [1.29, 1.82) is 0 Å². The van der Waals surface area contributed by atoms with Crippen molar-refractivity contribution < 1.29 is 17.5 Å². The van der Waals surface area contributed by atoms with Crippen molar-refractivity contribution in [3.63, 3.8) is 0 Å². The number of alkyl halides is 1. The van der Waals surface area contributed by atoms with E-state index in [1.54, 1.807) is 6.07 Å². The van der Waals surface area contributed by atoms with Gasteiger partial charge in [-0.2, -0.15) is 4.31 Å². The SMILES string of the molecule is COc1ccc(CN(C)S(=O)(=O)CBr)cc1F. The van der Waals surface area contributed by atoms with E-state index in [1.807, 2.05) is 0 Å². The molecule has 0 heterocycles. The van der Waals surface area contributed by atoms with Crippen LogP contribution in [0.4, 0.5) is 4.39 Å². The summed E-state index contributed by atoms with van der Waals surface area (Å²) in [6.45, 7) is 0.120. The Morgan fingerprint density at radius 3 is 2.59 bits per heavy atom. The van der Waals surface area contributed by atoms with E-state index in [1.165, 1.54) is 26.3 Å².